The lowest BCUT2D eigenvalue weighted by Crippen LogP contribution is -2.05. The average molecular weight is 273 g/mol. The van der Waals surface area contributed by atoms with Crippen molar-refractivity contribution in [2.24, 2.45) is 0 Å². The Labute approximate surface area is 114 Å². The van der Waals surface area contributed by atoms with Crippen molar-refractivity contribution in [2.45, 2.75) is 0 Å². The Bertz CT molecular complexity index is 663. The van der Waals surface area contributed by atoms with Gasteiger partial charge in [-0.15, -0.1) is 0 Å². The number of nitrogens with one attached hydrogen (secondary N) is 1. The molecule has 20 heavy (non-hydrogen) atoms. The van der Waals surface area contributed by atoms with Gasteiger partial charge in [0.2, 0.25) is 0 Å². The van der Waals surface area contributed by atoms with Crippen LogP contribution in [0.1, 0.15) is 10.5 Å². The minimum absolute atomic E-state index is 0.0556. The number of benzene rings is 1. The van der Waals surface area contributed by atoms with E-state index in [1.165, 1.54) is 18.2 Å². The zero-order chi connectivity index (χ0) is 14.5. The summed E-state index contributed by atoms with van der Waals surface area (Å²) in [6.07, 6.45) is 1.44. The average Bonchev–Trinajstić information content (AvgIpc) is 2.94. The molecule has 0 amide bonds. The number of carbonyl (C=O) groups excluding carboxylic acids is 1. The van der Waals surface area contributed by atoms with Gasteiger partial charge in [0, 0.05) is 6.07 Å². The first-order valence-corrected chi connectivity index (χ1v) is 5.70. The summed E-state index contributed by atoms with van der Waals surface area (Å²) < 4.78 is 4.83. The first-order valence-electron chi connectivity index (χ1n) is 5.70. The number of hydrogen-bond acceptors (Lipinski definition) is 5. The molecule has 7 heteroatoms. The van der Waals surface area contributed by atoms with Crippen LogP contribution in [0.2, 0.25) is 0 Å². The Morgan fingerprint density at radius 3 is 2.95 bits per heavy atom. The first-order chi connectivity index (χ1) is 9.63. The molecular weight excluding hydrogens is 262 g/mol. The number of esters is 1. The number of H-pyrrole nitrogens is 1. The number of carbonyl (C=O) groups is 1. The summed E-state index contributed by atoms with van der Waals surface area (Å²) in [7, 11) is 0. The third-order valence-corrected chi connectivity index (χ3v) is 2.51. The van der Waals surface area contributed by atoms with Gasteiger partial charge in [0.25, 0.3) is 5.69 Å². The zero-order valence-electron chi connectivity index (χ0n) is 10.4. The molecule has 0 fully saturated rings. The van der Waals surface area contributed by atoms with E-state index in [1.807, 2.05) is 0 Å². The van der Waals surface area contributed by atoms with Crippen molar-refractivity contribution < 1.29 is 14.5 Å². The van der Waals surface area contributed by atoms with Crippen LogP contribution in [-0.2, 0) is 4.74 Å². The molecule has 2 aromatic rings. The van der Waals surface area contributed by atoms with E-state index in [2.05, 4.69) is 16.8 Å². The maximum atomic E-state index is 11.6. The van der Waals surface area contributed by atoms with Gasteiger partial charge in [-0.2, -0.15) is 5.10 Å². The second kappa shape index (κ2) is 5.79. The lowest BCUT2D eigenvalue weighted by Gasteiger charge is -1.98. The van der Waals surface area contributed by atoms with Crippen molar-refractivity contribution in [3.8, 4) is 11.3 Å². The summed E-state index contributed by atoms with van der Waals surface area (Å²) >= 11 is 0. The highest BCUT2D eigenvalue weighted by molar-refractivity contribution is 5.89. The van der Waals surface area contributed by atoms with E-state index in [0.29, 0.717) is 11.3 Å². The Morgan fingerprint density at radius 1 is 1.50 bits per heavy atom. The van der Waals surface area contributed by atoms with Crippen molar-refractivity contribution in [3.63, 3.8) is 0 Å². The topological polar surface area (TPSA) is 98.1 Å². The van der Waals surface area contributed by atoms with Gasteiger partial charge in [0.15, 0.2) is 5.69 Å². The van der Waals surface area contributed by atoms with Gasteiger partial charge in [0.1, 0.15) is 6.61 Å². The predicted molar refractivity (Wildman–Crippen MR) is 71.2 cm³/mol. The third-order valence-electron chi connectivity index (χ3n) is 2.51. The third kappa shape index (κ3) is 2.72. The number of aromatic amines is 1. The summed E-state index contributed by atoms with van der Waals surface area (Å²) in [5.74, 6) is -0.619. The first kappa shape index (κ1) is 13.5. The van der Waals surface area contributed by atoms with E-state index in [-0.39, 0.29) is 18.0 Å². The van der Waals surface area contributed by atoms with Crippen LogP contribution in [0.5, 0.6) is 0 Å². The number of rotatable bonds is 5. The second-order valence-electron chi connectivity index (χ2n) is 3.83. The lowest BCUT2D eigenvalue weighted by molar-refractivity contribution is -0.384. The molecule has 0 aliphatic rings. The van der Waals surface area contributed by atoms with Crippen LogP contribution in [0.15, 0.2) is 43.0 Å². The van der Waals surface area contributed by atoms with Crippen molar-refractivity contribution in [3.05, 3.63) is 58.8 Å². The fourth-order valence-corrected chi connectivity index (χ4v) is 1.63. The molecule has 0 bridgehead atoms. The molecule has 2 rings (SSSR count). The van der Waals surface area contributed by atoms with Gasteiger partial charge in [-0.1, -0.05) is 24.8 Å². The summed E-state index contributed by atoms with van der Waals surface area (Å²) in [5, 5.41) is 17.3. The smallest absolute Gasteiger partial charge is 0.359 e. The van der Waals surface area contributed by atoms with E-state index in [9.17, 15) is 14.9 Å². The molecule has 0 saturated heterocycles. The molecular formula is C13H11N3O4. The van der Waals surface area contributed by atoms with Gasteiger partial charge < -0.3 is 4.74 Å². The molecule has 0 aliphatic carbocycles. The molecule has 0 unspecified atom stereocenters. The van der Waals surface area contributed by atoms with Crippen LogP contribution in [0.4, 0.5) is 5.69 Å². The number of nitro benzene ring substituents is 1. The Morgan fingerprint density at radius 2 is 2.25 bits per heavy atom. The number of para-hydroxylation sites is 1. The summed E-state index contributed by atoms with van der Waals surface area (Å²) in [5.41, 5.74) is 0.720. The minimum Gasteiger partial charge on any atom is -0.457 e. The highest BCUT2D eigenvalue weighted by Gasteiger charge is 2.18. The molecule has 0 radical (unpaired) electrons. The van der Waals surface area contributed by atoms with E-state index < -0.39 is 10.9 Å². The normalized spacial score (nSPS) is 10.0. The molecule has 102 valence electrons. The Hall–Kier alpha value is -2.96. The van der Waals surface area contributed by atoms with Crippen LogP contribution in [0, 0.1) is 10.1 Å². The van der Waals surface area contributed by atoms with Gasteiger partial charge in [-0.05, 0) is 12.1 Å². The van der Waals surface area contributed by atoms with Crippen molar-refractivity contribution in [2.75, 3.05) is 6.61 Å². The highest BCUT2D eigenvalue weighted by Crippen LogP contribution is 2.28. The highest BCUT2D eigenvalue weighted by atomic mass is 16.6. The number of nitro groups is 1. The fourth-order valence-electron chi connectivity index (χ4n) is 1.63. The molecule has 0 atom stereocenters. The van der Waals surface area contributed by atoms with Crippen LogP contribution in [-0.4, -0.2) is 27.7 Å². The molecule has 1 aromatic heterocycles. The lowest BCUT2D eigenvalue weighted by atomic mass is 10.1. The van der Waals surface area contributed by atoms with Crippen LogP contribution in [0.3, 0.4) is 0 Å². The number of nitrogens with zero attached hydrogens (tertiary/aromatic N) is 2. The standard InChI is InChI=1S/C13H11N3O4/c1-2-7-20-13(17)11-8-10(14-15-11)9-5-3-4-6-12(9)16(18)19/h2-6,8H,1,7H2,(H,14,15). The molecule has 0 saturated carbocycles. The van der Waals surface area contributed by atoms with E-state index in [1.54, 1.807) is 18.2 Å². The quantitative estimate of drug-likeness (QED) is 0.390. The monoisotopic (exact) mass is 273 g/mol. The van der Waals surface area contributed by atoms with E-state index >= 15 is 0 Å². The fraction of sp³-hybridized carbons (Fsp3) is 0.0769. The number of hydrogen-bond donors (Lipinski definition) is 1. The Kier molecular flexibility index (Phi) is 3.90. The Balaban J connectivity index is 2.32. The molecule has 1 N–H and O–H groups in total. The van der Waals surface area contributed by atoms with E-state index in [4.69, 9.17) is 4.74 Å². The predicted octanol–water partition coefficient (Wildman–Crippen LogP) is 2.33. The van der Waals surface area contributed by atoms with E-state index in [0.717, 1.165) is 0 Å². The van der Waals surface area contributed by atoms with Crippen molar-refractivity contribution >= 4 is 11.7 Å². The summed E-state index contributed by atoms with van der Waals surface area (Å²) in [6, 6.07) is 7.60. The minimum atomic E-state index is -0.619. The number of ether oxygens (including phenoxy) is 1. The summed E-state index contributed by atoms with van der Waals surface area (Å²) in [4.78, 5) is 22.0. The zero-order valence-corrected chi connectivity index (χ0v) is 10.4. The van der Waals surface area contributed by atoms with Gasteiger partial charge in [-0.3, -0.25) is 15.2 Å². The number of aromatic nitrogens is 2. The summed E-state index contributed by atoms with van der Waals surface area (Å²) in [6.45, 7) is 3.51. The largest absolute Gasteiger partial charge is 0.457 e. The van der Waals surface area contributed by atoms with Gasteiger partial charge in [-0.25, -0.2) is 4.79 Å². The molecule has 0 aliphatic heterocycles. The second-order valence-corrected chi connectivity index (χ2v) is 3.83. The molecule has 0 spiro atoms. The van der Waals surface area contributed by atoms with Gasteiger partial charge >= 0.3 is 5.97 Å². The van der Waals surface area contributed by atoms with Crippen LogP contribution < -0.4 is 0 Å². The van der Waals surface area contributed by atoms with Crippen LogP contribution in [0.25, 0.3) is 11.3 Å². The molecule has 1 aromatic carbocycles. The SMILES string of the molecule is C=CCOC(=O)c1cc(-c2ccccc2[N+](=O)[O-])[nH]n1. The molecule has 7 nitrogen and oxygen atoms in total. The van der Waals surface area contributed by atoms with Crippen LogP contribution >= 0.6 is 0 Å². The maximum Gasteiger partial charge on any atom is 0.359 e. The molecule has 1 heterocycles. The van der Waals surface area contributed by atoms with Crippen molar-refractivity contribution in [1.29, 1.82) is 0 Å². The maximum absolute atomic E-state index is 11.6. The van der Waals surface area contributed by atoms with Crippen molar-refractivity contribution in [1.82, 2.24) is 10.2 Å². The van der Waals surface area contributed by atoms with Gasteiger partial charge in [0.05, 0.1) is 16.2 Å².